The first-order valence-electron chi connectivity index (χ1n) is 7.10. The van der Waals surface area contributed by atoms with Crippen LogP contribution >= 0.6 is 23.2 Å². The molecular formula is C17H19Cl2N2O+. The van der Waals surface area contributed by atoms with Crippen LogP contribution in [0.15, 0.2) is 48.5 Å². The predicted molar refractivity (Wildman–Crippen MR) is 90.2 cm³/mol. The molecule has 2 aromatic carbocycles. The van der Waals surface area contributed by atoms with Crippen molar-refractivity contribution in [2.45, 2.75) is 13.1 Å². The lowest BCUT2D eigenvalue weighted by molar-refractivity contribution is -0.885. The molecule has 0 aromatic heterocycles. The van der Waals surface area contributed by atoms with Crippen molar-refractivity contribution in [3.63, 3.8) is 0 Å². The Labute approximate surface area is 140 Å². The Hall–Kier alpha value is -1.55. The number of hydrogen-bond donors (Lipinski definition) is 2. The van der Waals surface area contributed by atoms with Crippen LogP contribution in [0.3, 0.4) is 0 Å². The quantitative estimate of drug-likeness (QED) is 0.833. The van der Waals surface area contributed by atoms with E-state index in [9.17, 15) is 4.79 Å². The number of halogens is 2. The molecule has 2 rings (SSSR count). The van der Waals surface area contributed by atoms with Gasteiger partial charge in [0, 0.05) is 22.2 Å². The van der Waals surface area contributed by atoms with Crippen molar-refractivity contribution >= 4 is 29.1 Å². The standard InChI is InChI=1S/C17H18Cl2N2O/c1-21(11-14-4-8-16(19)9-5-14)12-17(22)20-10-13-2-6-15(18)7-3-13/h2-9H,10-12H2,1H3,(H,20,22)/p+1. The highest BCUT2D eigenvalue weighted by atomic mass is 35.5. The fourth-order valence-electron chi connectivity index (χ4n) is 2.15. The molecule has 116 valence electrons. The van der Waals surface area contributed by atoms with Crippen molar-refractivity contribution in [2.75, 3.05) is 13.6 Å². The van der Waals surface area contributed by atoms with E-state index in [4.69, 9.17) is 23.2 Å². The molecule has 0 bridgehead atoms. The van der Waals surface area contributed by atoms with E-state index in [0.717, 1.165) is 27.6 Å². The molecule has 1 unspecified atom stereocenters. The summed E-state index contributed by atoms with van der Waals surface area (Å²) in [5.74, 6) is 0.0291. The maximum atomic E-state index is 12.0. The van der Waals surface area contributed by atoms with Gasteiger partial charge in [-0.15, -0.1) is 0 Å². The molecule has 0 heterocycles. The number of nitrogens with one attached hydrogen (secondary N) is 2. The Bertz CT molecular complexity index is 612. The number of amides is 1. The zero-order valence-corrected chi connectivity index (χ0v) is 13.9. The molecule has 0 spiro atoms. The number of hydrogen-bond acceptors (Lipinski definition) is 1. The number of carbonyl (C=O) groups is 1. The second-order valence-electron chi connectivity index (χ2n) is 5.34. The van der Waals surface area contributed by atoms with Crippen LogP contribution in [0.1, 0.15) is 11.1 Å². The summed E-state index contributed by atoms with van der Waals surface area (Å²) < 4.78 is 0. The molecule has 0 aliphatic carbocycles. The van der Waals surface area contributed by atoms with Gasteiger partial charge in [-0.1, -0.05) is 47.5 Å². The van der Waals surface area contributed by atoms with Crippen molar-refractivity contribution in [3.05, 3.63) is 69.7 Å². The highest BCUT2D eigenvalue weighted by molar-refractivity contribution is 6.30. The van der Waals surface area contributed by atoms with Crippen molar-refractivity contribution in [1.82, 2.24) is 5.32 Å². The van der Waals surface area contributed by atoms with E-state index in [1.807, 2.05) is 55.6 Å². The number of likely N-dealkylation sites (N-methyl/N-ethyl adjacent to an activating group) is 1. The van der Waals surface area contributed by atoms with Crippen LogP contribution in [0.2, 0.25) is 10.0 Å². The summed E-state index contributed by atoms with van der Waals surface area (Å²) >= 11 is 11.7. The van der Waals surface area contributed by atoms with E-state index in [1.165, 1.54) is 0 Å². The highest BCUT2D eigenvalue weighted by Gasteiger charge is 2.10. The Morgan fingerprint density at radius 3 is 2.00 bits per heavy atom. The highest BCUT2D eigenvalue weighted by Crippen LogP contribution is 2.09. The van der Waals surface area contributed by atoms with Crippen LogP contribution in [0, 0.1) is 0 Å². The first kappa shape index (κ1) is 16.8. The fraction of sp³-hybridized carbons (Fsp3) is 0.235. The van der Waals surface area contributed by atoms with Crippen LogP contribution in [0.5, 0.6) is 0 Å². The van der Waals surface area contributed by atoms with Crippen LogP contribution < -0.4 is 10.2 Å². The molecule has 0 fully saturated rings. The third-order valence-corrected chi connectivity index (χ3v) is 3.79. The smallest absolute Gasteiger partial charge is 0.275 e. The Kier molecular flexibility index (Phi) is 6.25. The topological polar surface area (TPSA) is 33.5 Å². The first-order chi connectivity index (χ1) is 10.5. The van der Waals surface area contributed by atoms with E-state index in [0.29, 0.717) is 18.1 Å². The van der Waals surface area contributed by atoms with Crippen LogP contribution in [0.4, 0.5) is 0 Å². The predicted octanol–water partition coefficient (Wildman–Crippen LogP) is 2.32. The fourth-order valence-corrected chi connectivity index (χ4v) is 2.40. The minimum Gasteiger partial charge on any atom is -0.347 e. The van der Waals surface area contributed by atoms with E-state index in [2.05, 4.69) is 5.32 Å². The average molecular weight is 338 g/mol. The third kappa shape index (κ3) is 5.68. The van der Waals surface area contributed by atoms with E-state index in [1.54, 1.807) is 0 Å². The van der Waals surface area contributed by atoms with E-state index < -0.39 is 0 Å². The number of benzene rings is 2. The van der Waals surface area contributed by atoms with Gasteiger partial charge in [-0.05, 0) is 29.8 Å². The van der Waals surface area contributed by atoms with Crippen molar-refractivity contribution in [1.29, 1.82) is 0 Å². The van der Waals surface area contributed by atoms with Crippen molar-refractivity contribution < 1.29 is 9.69 Å². The maximum Gasteiger partial charge on any atom is 0.275 e. The molecule has 0 aliphatic heterocycles. The van der Waals surface area contributed by atoms with Crippen molar-refractivity contribution in [3.8, 4) is 0 Å². The summed E-state index contributed by atoms with van der Waals surface area (Å²) in [6.45, 7) is 1.73. The van der Waals surface area contributed by atoms with Gasteiger partial charge in [-0.3, -0.25) is 4.79 Å². The van der Waals surface area contributed by atoms with E-state index >= 15 is 0 Å². The first-order valence-corrected chi connectivity index (χ1v) is 7.85. The van der Waals surface area contributed by atoms with Gasteiger partial charge in [0.1, 0.15) is 6.54 Å². The molecule has 1 atom stereocenters. The minimum atomic E-state index is 0.0291. The Morgan fingerprint density at radius 1 is 0.955 bits per heavy atom. The monoisotopic (exact) mass is 337 g/mol. The molecule has 0 radical (unpaired) electrons. The van der Waals surface area contributed by atoms with Gasteiger partial charge < -0.3 is 10.2 Å². The van der Waals surface area contributed by atoms with E-state index in [-0.39, 0.29) is 5.91 Å². The average Bonchev–Trinajstić information content (AvgIpc) is 2.49. The zero-order chi connectivity index (χ0) is 15.9. The lowest BCUT2D eigenvalue weighted by atomic mass is 10.2. The van der Waals surface area contributed by atoms with Gasteiger partial charge in [0.2, 0.25) is 0 Å². The van der Waals surface area contributed by atoms with Gasteiger partial charge in [0.25, 0.3) is 5.91 Å². The van der Waals surface area contributed by atoms with Gasteiger partial charge in [-0.25, -0.2) is 0 Å². The summed E-state index contributed by atoms with van der Waals surface area (Å²) in [6.07, 6.45) is 0. The Balaban J connectivity index is 1.76. The molecule has 3 nitrogen and oxygen atoms in total. The molecule has 2 N–H and O–H groups in total. The second kappa shape index (κ2) is 8.18. The van der Waals surface area contributed by atoms with Crippen LogP contribution in [-0.2, 0) is 17.9 Å². The summed E-state index contributed by atoms with van der Waals surface area (Å²) in [5, 5.41) is 4.34. The summed E-state index contributed by atoms with van der Waals surface area (Å²) in [4.78, 5) is 13.1. The minimum absolute atomic E-state index is 0.0291. The molecule has 0 saturated carbocycles. The normalized spacial score (nSPS) is 12.0. The molecule has 0 aliphatic rings. The summed E-state index contributed by atoms with van der Waals surface area (Å²) in [7, 11) is 2.00. The Morgan fingerprint density at radius 2 is 1.45 bits per heavy atom. The number of rotatable bonds is 6. The zero-order valence-electron chi connectivity index (χ0n) is 12.4. The molecule has 2 aromatic rings. The lowest BCUT2D eigenvalue weighted by Gasteiger charge is -2.14. The van der Waals surface area contributed by atoms with Crippen LogP contribution in [-0.4, -0.2) is 19.5 Å². The van der Waals surface area contributed by atoms with Gasteiger partial charge in [0.15, 0.2) is 6.54 Å². The SMILES string of the molecule is C[NH+](CC(=O)NCc1ccc(Cl)cc1)Cc1ccc(Cl)cc1. The van der Waals surface area contributed by atoms with Gasteiger partial charge in [-0.2, -0.15) is 0 Å². The second-order valence-corrected chi connectivity index (χ2v) is 6.21. The molecular weight excluding hydrogens is 319 g/mol. The molecule has 1 amide bonds. The van der Waals surface area contributed by atoms with Gasteiger partial charge in [0.05, 0.1) is 7.05 Å². The largest absolute Gasteiger partial charge is 0.347 e. The summed E-state index contributed by atoms with van der Waals surface area (Å²) in [5.41, 5.74) is 2.19. The third-order valence-electron chi connectivity index (χ3n) is 3.28. The number of quaternary nitrogens is 1. The maximum absolute atomic E-state index is 12.0. The molecule has 0 saturated heterocycles. The molecule has 22 heavy (non-hydrogen) atoms. The lowest BCUT2D eigenvalue weighted by Crippen LogP contribution is -3.08. The summed E-state index contributed by atoms with van der Waals surface area (Å²) in [6, 6.07) is 15.2. The van der Waals surface area contributed by atoms with Crippen LogP contribution in [0.25, 0.3) is 0 Å². The van der Waals surface area contributed by atoms with Gasteiger partial charge >= 0.3 is 0 Å². The number of carbonyl (C=O) groups excluding carboxylic acids is 1. The van der Waals surface area contributed by atoms with Crippen molar-refractivity contribution in [2.24, 2.45) is 0 Å². The molecule has 5 heteroatoms.